The molecule has 17 heavy (non-hydrogen) atoms. The van der Waals surface area contributed by atoms with Gasteiger partial charge in [0.05, 0.1) is 0 Å². The molecule has 1 aromatic rings. The fourth-order valence-corrected chi connectivity index (χ4v) is 3.06. The van der Waals surface area contributed by atoms with Gasteiger partial charge in [0.2, 0.25) is 0 Å². The van der Waals surface area contributed by atoms with Gasteiger partial charge in [-0.3, -0.25) is 5.10 Å². The van der Waals surface area contributed by atoms with Gasteiger partial charge in [-0.05, 0) is 18.3 Å². The van der Waals surface area contributed by atoms with Crippen molar-refractivity contribution in [3.05, 3.63) is 11.3 Å². The number of anilines is 1. The first-order chi connectivity index (χ1) is 8.18. The Morgan fingerprint density at radius 1 is 1.24 bits per heavy atom. The summed E-state index contributed by atoms with van der Waals surface area (Å²) in [6.07, 6.45) is 9.50. The van der Waals surface area contributed by atoms with Crippen LogP contribution in [0.5, 0.6) is 0 Å². The van der Waals surface area contributed by atoms with Gasteiger partial charge in [-0.25, -0.2) is 0 Å². The molecule has 1 aromatic heterocycles. The van der Waals surface area contributed by atoms with Crippen LogP contribution >= 0.6 is 0 Å². The maximum atomic E-state index is 5.94. The summed E-state index contributed by atoms with van der Waals surface area (Å²) in [5, 5.41) is 7.33. The van der Waals surface area contributed by atoms with Crippen molar-refractivity contribution in [2.45, 2.75) is 64.7 Å². The van der Waals surface area contributed by atoms with E-state index in [1.807, 2.05) is 0 Å². The number of rotatable bonds is 3. The fraction of sp³-hybridized carbons (Fsp3) is 0.786. The van der Waals surface area contributed by atoms with Gasteiger partial charge < -0.3 is 5.73 Å². The highest BCUT2D eigenvalue weighted by atomic mass is 15.2. The van der Waals surface area contributed by atoms with Crippen LogP contribution in [0.2, 0.25) is 0 Å². The van der Waals surface area contributed by atoms with Crippen LogP contribution in [0.15, 0.2) is 0 Å². The van der Waals surface area contributed by atoms with E-state index in [2.05, 4.69) is 24.0 Å². The molecule has 0 bridgehead atoms. The number of nitrogens with zero attached hydrogens (tertiary/aromatic N) is 1. The van der Waals surface area contributed by atoms with Crippen molar-refractivity contribution in [3.8, 4) is 0 Å². The van der Waals surface area contributed by atoms with Crippen LogP contribution in [0.4, 0.5) is 5.82 Å². The van der Waals surface area contributed by atoms with E-state index in [1.54, 1.807) is 0 Å². The fourth-order valence-electron chi connectivity index (χ4n) is 3.06. The molecule has 2 rings (SSSR count). The number of nitrogens with two attached hydrogens (primary N) is 1. The second kappa shape index (κ2) is 5.56. The Balaban J connectivity index is 2.06. The largest absolute Gasteiger partial charge is 0.382 e. The van der Waals surface area contributed by atoms with Crippen molar-refractivity contribution in [2.75, 3.05) is 5.73 Å². The van der Waals surface area contributed by atoms with Crippen LogP contribution in [0.1, 0.15) is 69.5 Å². The van der Waals surface area contributed by atoms with Crippen molar-refractivity contribution in [2.24, 2.45) is 5.92 Å². The Morgan fingerprint density at radius 3 is 2.47 bits per heavy atom. The van der Waals surface area contributed by atoms with Crippen LogP contribution in [-0.4, -0.2) is 10.2 Å². The number of nitrogen functional groups attached to an aromatic ring is 1. The molecular formula is C14H25N3. The second-order valence-electron chi connectivity index (χ2n) is 5.72. The van der Waals surface area contributed by atoms with Gasteiger partial charge in [0.25, 0.3) is 0 Å². The van der Waals surface area contributed by atoms with Gasteiger partial charge in [0.15, 0.2) is 0 Å². The average Bonchev–Trinajstić information content (AvgIpc) is 2.51. The molecule has 1 saturated carbocycles. The SMILES string of the molecule is CC(C)c1c(N)n[nH]c1CC1CCCCCC1. The van der Waals surface area contributed by atoms with Crippen LogP contribution in [0.3, 0.4) is 0 Å². The molecule has 0 aliphatic heterocycles. The lowest BCUT2D eigenvalue weighted by Crippen LogP contribution is -2.06. The second-order valence-corrected chi connectivity index (χ2v) is 5.72. The highest BCUT2D eigenvalue weighted by Crippen LogP contribution is 2.30. The first-order valence-corrected chi connectivity index (χ1v) is 7.01. The molecule has 0 saturated heterocycles. The molecule has 1 aliphatic rings. The van der Waals surface area contributed by atoms with Crippen LogP contribution in [0.25, 0.3) is 0 Å². The summed E-state index contributed by atoms with van der Waals surface area (Å²) in [6.45, 7) is 4.38. The molecule has 3 nitrogen and oxygen atoms in total. The highest BCUT2D eigenvalue weighted by molar-refractivity contribution is 5.44. The molecule has 1 aliphatic carbocycles. The monoisotopic (exact) mass is 235 g/mol. The summed E-state index contributed by atoms with van der Waals surface area (Å²) >= 11 is 0. The first-order valence-electron chi connectivity index (χ1n) is 7.01. The van der Waals surface area contributed by atoms with E-state index >= 15 is 0 Å². The number of hydrogen-bond donors (Lipinski definition) is 2. The van der Waals surface area contributed by atoms with Gasteiger partial charge in [-0.15, -0.1) is 0 Å². The van der Waals surface area contributed by atoms with Crippen molar-refractivity contribution < 1.29 is 0 Å². The lowest BCUT2D eigenvalue weighted by molar-refractivity contribution is 0.451. The van der Waals surface area contributed by atoms with E-state index in [0.717, 1.165) is 12.3 Å². The van der Waals surface area contributed by atoms with E-state index in [-0.39, 0.29) is 0 Å². The molecule has 1 heterocycles. The summed E-state index contributed by atoms with van der Waals surface area (Å²) in [4.78, 5) is 0. The Morgan fingerprint density at radius 2 is 1.88 bits per heavy atom. The summed E-state index contributed by atoms with van der Waals surface area (Å²) < 4.78 is 0. The molecule has 1 fully saturated rings. The molecule has 0 unspecified atom stereocenters. The summed E-state index contributed by atoms with van der Waals surface area (Å²) in [5.74, 6) is 1.99. The van der Waals surface area contributed by atoms with E-state index in [9.17, 15) is 0 Å². The van der Waals surface area contributed by atoms with Gasteiger partial charge in [-0.1, -0.05) is 52.4 Å². The van der Waals surface area contributed by atoms with E-state index < -0.39 is 0 Å². The third kappa shape index (κ3) is 3.02. The maximum absolute atomic E-state index is 5.94. The van der Waals surface area contributed by atoms with Crippen LogP contribution < -0.4 is 5.73 Å². The van der Waals surface area contributed by atoms with Gasteiger partial charge in [0.1, 0.15) is 5.82 Å². The van der Waals surface area contributed by atoms with Gasteiger partial charge in [0, 0.05) is 11.3 Å². The summed E-state index contributed by atoms with van der Waals surface area (Å²) in [7, 11) is 0. The molecular weight excluding hydrogens is 210 g/mol. The lowest BCUT2D eigenvalue weighted by Gasteiger charge is -2.15. The Labute approximate surface area is 104 Å². The Kier molecular flexibility index (Phi) is 4.08. The van der Waals surface area contributed by atoms with Crippen LogP contribution in [0, 0.1) is 5.92 Å². The van der Waals surface area contributed by atoms with Crippen molar-refractivity contribution in [1.82, 2.24) is 10.2 Å². The number of hydrogen-bond acceptors (Lipinski definition) is 2. The van der Waals surface area contributed by atoms with E-state index in [0.29, 0.717) is 11.7 Å². The molecule has 3 N–H and O–H groups in total. The number of aromatic amines is 1. The van der Waals surface area contributed by atoms with Crippen molar-refractivity contribution in [3.63, 3.8) is 0 Å². The number of nitrogens with one attached hydrogen (secondary N) is 1. The number of aromatic nitrogens is 2. The van der Waals surface area contributed by atoms with Crippen LogP contribution in [-0.2, 0) is 6.42 Å². The molecule has 96 valence electrons. The van der Waals surface area contributed by atoms with Gasteiger partial charge >= 0.3 is 0 Å². The molecule has 0 atom stereocenters. The van der Waals surface area contributed by atoms with Crippen molar-refractivity contribution >= 4 is 5.82 Å². The minimum atomic E-state index is 0.467. The molecule has 0 radical (unpaired) electrons. The normalized spacial score (nSPS) is 18.5. The van der Waals surface area contributed by atoms with Crippen molar-refractivity contribution in [1.29, 1.82) is 0 Å². The summed E-state index contributed by atoms with van der Waals surface area (Å²) in [5.41, 5.74) is 8.46. The highest BCUT2D eigenvalue weighted by Gasteiger charge is 2.19. The Bertz CT molecular complexity index is 346. The first kappa shape index (κ1) is 12.5. The predicted octanol–water partition coefficient (Wildman–Crippen LogP) is 3.63. The van der Waals surface area contributed by atoms with E-state index in [4.69, 9.17) is 5.73 Å². The molecule has 0 amide bonds. The zero-order chi connectivity index (χ0) is 12.3. The quantitative estimate of drug-likeness (QED) is 0.786. The zero-order valence-electron chi connectivity index (χ0n) is 11.1. The third-order valence-electron chi connectivity index (χ3n) is 3.96. The number of H-pyrrole nitrogens is 1. The molecule has 0 aromatic carbocycles. The topological polar surface area (TPSA) is 54.7 Å². The van der Waals surface area contributed by atoms with E-state index in [1.165, 1.54) is 49.8 Å². The lowest BCUT2D eigenvalue weighted by atomic mass is 9.91. The summed E-state index contributed by atoms with van der Waals surface area (Å²) in [6, 6.07) is 0. The Hall–Kier alpha value is -0.990. The third-order valence-corrected chi connectivity index (χ3v) is 3.96. The average molecular weight is 235 g/mol. The minimum Gasteiger partial charge on any atom is -0.382 e. The minimum absolute atomic E-state index is 0.467. The van der Waals surface area contributed by atoms with Gasteiger partial charge in [-0.2, -0.15) is 5.10 Å². The standard InChI is InChI=1S/C14H25N3/c1-10(2)13-12(16-17-14(13)15)9-11-7-5-3-4-6-8-11/h10-11H,3-9H2,1-2H3,(H3,15,16,17). The molecule has 3 heteroatoms. The molecule has 0 spiro atoms. The maximum Gasteiger partial charge on any atom is 0.148 e. The predicted molar refractivity (Wildman–Crippen MR) is 72.0 cm³/mol. The zero-order valence-corrected chi connectivity index (χ0v) is 11.1. The smallest absolute Gasteiger partial charge is 0.148 e.